The molecule has 1 aliphatic rings. The van der Waals surface area contributed by atoms with E-state index in [9.17, 15) is 8.42 Å². The molecule has 1 saturated carbocycles. The minimum absolute atomic E-state index is 0.0890. The Bertz CT molecular complexity index is 558. The lowest BCUT2D eigenvalue weighted by Gasteiger charge is -2.34. The van der Waals surface area contributed by atoms with Crippen molar-refractivity contribution in [2.75, 3.05) is 13.6 Å². The molecular formula is C14H23ClN2O2S2. The lowest BCUT2D eigenvalue weighted by molar-refractivity contribution is 0.251. The fourth-order valence-electron chi connectivity index (χ4n) is 2.83. The van der Waals surface area contributed by atoms with Gasteiger partial charge in [0, 0.05) is 19.1 Å². The zero-order valence-electron chi connectivity index (χ0n) is 12.7. The van der Waals surface area contributed by atoms with Crippen LogP contribution in [0.5, 0.6) is 0 Å². The van der Waals surface area contributed by atoms with E-state index in [4.69, 9.17) is 11.6 Å². The topological polar surface area (TPSA) is 49.4 Å². The van der Waals surface area contributed by atoms with E-state index in [-0.39, 0.29) is 6.04 Å². The molecule has 1 heterocycles. The van der Waals surface area contributed by atoms with Crippen molar-refractivity contribution in [3.05, 3.63) is 16.0 Å². The van der Waals surface area contributed by atoms with Gasteiger partial charge in [-0.2, -0.15) is 4.31 Å². The summed E-state index contributed by atoms with van der Waals surface area (Å²) in [4.78, 5) is 0. The van der Waals surface area contributed by atoms with E-state index in [2.05, 4.69) is 12.2 Å². The van der Waals surface area contributed by atoms with Crippen LogP contribution in [0.3, 0.4) is 0 Å². The summed E-state index contributed by atoms with van der Waals surface area (Å²) in [6.45, 7) is 4.90. The summed E-state index contributed by atoms with van der Waals surface area (Å²) in [5.74, 6) is 0. The lowest BCUT2D eigenvalue weighted by atomic mass is 9.91. The highest BCUT2D eigenvalue weighted by Crippen LogP contribution is 2.34. The molecule has 0 atom stereocenters. The van der Waals surface area contributed by atoms with Crippen LogP contribution < -0.4 is 5.32 Å². The smallest absolute Gasteiger partial charge is 0.252 e. The molecule has 1 aromatic rings. The maximum Gasteiger partial charge on any atom is 0.252 e. The van der Waals surface area contributed by atoms with Crippen molar-refractivity contribution in [3.8, 4) is 0 Å². The van der Waals surface area contributed by atoms with Gasteiger partial charge in [-0.15, -0.1) is 11.3 Å². The standard InChI is InChI=1S/C14H23ClN2O2S2/c1-4-16-11-5-7-12(8-6-11)17(3)21(18,19)13-9-10(2)14(15)20-13/h9,11-12,16H,4-8H2,1-3H3. The Balaban J connectivity index is 2.07. The molecule has 0 bridgehead atoms. The maximum atomic E-state index is 12.7. The number of hydrogen-bond acceptors (Lipinski definition) is 4. The van der Waals surface area contributed by atoms with Crippen LogP contribution in [-0.4, -0.2) is 38.4 Å². The van der Waals surface area contributed by atoms with Crippen molar-refractivity contribution in [1.29, 1.82) is 0 Å². The Kier molecular flexibility index (Phi) is 5.71. The van der Waals surface area contributed by atoms with Gasteiger partial charge in [-0.1, -0.05) is 18.5 Å². The second-order valence-corrected chi connectivity index (χ2v) is 9.49. The summed E-state index contributed by atoms with van der Waals surface area (Å²) in [5.41, 5.74) is 0.824. The average Bonchev–Trinajstić information content (AvgIpc) is 2.80. The van der Waals surface area contributed by atoms with Crippen LogP contribution in [0.2, 0.25) is 4.34 Å². The first-order chi connectivity index (χ1) is 9.86. The Labute approximate surface area is 136 Å². The summed E-state index contributed by atoms with van der Waals surface area (Å²) in [5, 5.41) is 3.44. The van der Waals surface area contributed by atoms with E-state index in [1.807, 2.05) is 6.92 Å². The number of thiophene rings is 1. The maximum absolute atomic E-state index is 12.7. The number of hydrogen-bond donors (Lipinski definition) is 1. The molecule has 0 aromatic carbocycles. The summed E-state index contributed by atoms with van der Waals surface area (Å²) < 4.78 is 27.8. The molecule has 1 aromatic heterocycles. The molecule has 1 N–H and O–H groups in total. The Morgan fingerprint density at radius 3 is 2.48 bits per heavy atom. The van der Waals surface area contributed by atoms with Gasteiger partial charge in [0.15, 0.2) is 0 Å². The SMILES string of the molecule is CCNC1CCC(N(C)S(=O)(=O)c2cc(C)c(Cl)s2)CC1. The van der Waals surface area contributed by atoms with E-state index in [1.54, 1.807) is 13.1 Å². The molecule has 1 aliphatic carbocycles. The summed E-state index contributed by atoms with van der Waals surface area (Å²) in [6.07, 6.45) is 3.88. The highest BCUT2D eigenvalue weighted by atomic mass is 35.5. The minimum Gasteiger partial charge on any atom is -0.314 e. The van der Waals surface area contributed by atoms with Crippen LogP contribution in [0.15, 0.2) is 10.3 Å². The third-order valence-electron chi connectivity index (χ3n) is 4.17. The predicted octanol–water partition coefficient (Wildman–Crippen LogP) is 3.25. The normalized spacial score (nSPS) is 23.7. The number of aryl methyl sites for hydroxylation is 1. The summed E-state index contributed by atoms with van der Waals surface area (Å²) in [6, 6.07) is 2.29. The van der Waals surface area contributed by atoms with Crippen molar-refractivity contribution in [2.45, 2.75) is 55.8 Å². The van der Waals surface area contributed by atoms with E-state index in [1.165, 1.54) is 4.31 Å². The van der Waals surface area contributed by atoms with Crippen LogP contribution in [0, 0.1) is 6.92 Å². The van der Waals surface area contributed by atoms with Crippen LogP contribution >= 0.6 is 22.9 Å². The average molecular weight is 351 g/mol. The molecule has 0 unspecified atom stereocenters. The Morgan fingerprint density at radius 2 is 2.00 bits per heavy atom. The highest BCUT2D eigenvalue weighted by Gasteiger charge is 2.32. The van der Waals surface area contributed by atoms with Crippen LogP contribution in [0.25, 0.3) is 0 Å². The van der Waals surface area contributed by atoms with E-state index < -0.39 is 10.0 Å². The second-order valence-electron chi connectivity index (χ2n) is 5.61. The molecule has 21 heavy (non-hydrogen) atoms. The van der Waals surface area contributed by atoms with Gasteiger partial charge in [0.1, 0.15) is 4.21 Å². The van der Waals surface area contributed by atoms with Crippen molar-refractivity contribution in [3.63, 3.8) is 0 Å². The van der Waals surface area contributed by atoms with Crippen molar-refractivity contribution in [1.82, 2.24) is 9.62 Å². The first kappa shape index (κ1) is 17.2. The van der Waals surface area contributed by atoms with E-state index in [0.29, 0.717) is 14.6 Å². The molecule has 0 saturated heterocycles. The molecule has 1 fully saturated rings. The molecule has 4 nitrogen and oxygen atoms in total. The molecule has 120 valence electrons. The first-order valence-corrected chi connectivity index (χ1v) is 9.97. The highest BCUT2D eigenvalue weighted by molar-refractivity contribution is 7.91. The molecule has 7 heteroatoms. The van der Waals surface area contributed by atoms with Gasteiger partial charge in [0.05, 0.1) is 4.34 Å². The first-order valence-electron chi connectivity index (χ1n) is 7.33. The number of halogens is 1. The largest absolute Gasteiger partial charge is 0.314 e. The number of nitrogens with zero attached hydrogens (tertiary/aromatic N) is 1. The van der Waals surface area contributed by atoms with Gasteiger partial charge in [-0.3, -0.25) is 0 Å². The monoisotopic (exact) mass is 350 g/mol. The molecule has 2 rings (SSSR count). The molecule has 0 aliphatic heterocycles. The number of sulfonamides is 1. The molecule has 0 amide bonds. The van der Waals surface area contributed by atoms with Crippen LogP contribution in [0.4, 0.5) is 0 Å². The van der Waals surface area contributed by atoms with Gasteiger partial charge in [-0.25, -0.2) is 8.42 Å². The second kappa shape index (κ2) is 6.96. The minimum atomic E-state index is -3.42. The van der Waals surface area contributed by atoms with Crippen LogP contribution in [-0.2, 0) is 10.0 Å². The van der Waals surface area contributed by atoms with Crippen LogP contribution in [0.1, 0.15) is 38.2 Å². The van der Waals surface area contributed by atoms with Gasteiger partial charge < -0.3 is 5.32 Å². The van der Waals surface area contributed by atoms with Crippen molar-refractivity contribution < 1.29 is 8.42 Å². The lowest BCUT2D eigenvalue weighted by Crippen LogP contribution is -2.43. The molecule has 0 spiro atoms. The van der Waals surface area contributed by atoms with Gasteiger partial charge in [0.25, 0.3) is 10.0 Å². The quantitative estimate of drug-likeness (QED) is 0.886. The van der Waals surface area contributed by atoms with Gasteiger partial charge >= 0.3 is 0 Å². The molecule has 0 radical (unpaired) electrons. The summed E-state index contributed by atoms with van der Waals surface area (Å²) in [7, 11) is -1.73. The van der Waals surface area contributed by atoms with Crippen molar-refractivity contribution in [2.24, 2.45) is 0 Å². The number of rotatable bonds is 5. The predicted molar refractivity (Wildman–Crippen MR) is 88.7 cm³/mol. The third-order valence-corrected chi connectivity index (χ3v) is 8.09. The zero-order chi connectivity index (χ0) is 15.6. The third kappa shape index (κ3) is 3.79. The van der Waals surface area contributed by atoms with Gasteiger partial charge in [0.2, 0.25) is 0 Å². The Hall–Kier alpha value is -0.140. The van der Waals surface area contributed by atoms with Gasteiger partial charge in [-0.05, 0) is 50.8 Å². The van der Waals surface area contributed by atoms with Crippen molar-refractivity contribution >= 4 is 33.0 Å². The van der Waals surface area contributed by atoms with E-state index in [0.717, 1.165) is 49.1 Å². The zero-order valence-corrected chi connectivity index (χ0v) is 15.1. The van der Waals surface area contributed by atoms with E-state index >= 15 is 0 Å². The fraction of sp³-hybridized carbons (Fsp3) is 0.714. The fourth-order valence-corrected chi connectivity index (χ4v) is 6.14. The summed E-state index contributed by atoms with van der Waals surface area (Å²) >= 11 is 7.15. The molecular weight excluding hydrogens is 328 g/mol. The Morgan fingerprint density at radius 1 is 1.38 bits per heavy atom. The number of nitrogens with one attached hydrogen (secondary N) is 1.